The molecule has 0 aliphatic rings. The summed E-state index contributed by atoms with van der Waals surface area (Å²) in [7, 11) is 1.82. The van der Waals surface area contributed by atoms with E-state index >= 15 is 0 Å². The molecule has 1 unspecified atom stereocenters. The smallest absolute Gasteiger partial charge is 0.272 e. The molecule has 1 amide bonds. The monoisotopic (exact) mass is 290 g/mol. The second-order valence-electron chi connectivity index (χ2n) is 4.71. The fourth-order valence-corrected chi connectivity index (χ4v) is 2.36. The maximum Gasteiger partial charge on any atom is 0.272 e. The zero-order valence-corrected chi connectivity index (χ0v) is 12.4. The number of carbonyl (C=O) groups excluding carboxylic acids is 1. The van der Waals surface area contributed by atoms with Crippen molar-refractivity contribution in [2.45, 2.75) is 25.8 Å². The summed E-state index contributed by atoms with van der Waals surface area (Å²) in [4.78, 5) is 12.7. The maximum absolute atomic E-state index is 12.4. The average Bonchev–Trinajstić information content (AvgIpc) is 2.76. The lowest BCUT2D eigenvalue weighted by atomic mass is 10.1. The summed E-state index contributed by atoms with van der Waals surface area (Å²) >= 11 is 4.99. The van der Waals surface area contributed by atoms with E-state index in [2.05, 4.69) is 10.4 Å². The van der Waals surface area contributed by atoms with Crippen LogP contribution in [0, 0.1) is 0 Å². The summed E-state index contributed by atoms with van der Waals surface area (Å²) in [6.45, 7) is 2.02. The minimum atomic E-state index is -0.289. The van der Waals surface area contributed by atoms with E-state index in [4.69, 9.17) is 18.0 Å². The van der Waals surface area contributed by atoms with E-state index in [1.54, 1.807) is 4.68 Å². The maximum atomic E-state index is 12.4. The van der Waals surface area contributed by atoms with Gasteiger partial charge in [-0.3, -0.25) is 9.48 Å². The first-order chi connectivity index (χ1) is 9.54. The summed E-state index contributed by atoms with van der Waals surface area (Å²) in [5, 5.41) is 7.97. The molecule has 1 aromatic heterocycles. The van der Waals surface area contributed by atoms with E-state index in [-0.39, 0.29) is 11.9 Å². The molecular formula is C14H18N4OS. The van der Waals surface area contributed by atoms with E-state index < -0.39 is 0 Å². The third kappa shape index (κ3) is 2.80. The average molecular weight is 290 g/mol. The van der Waals surface area contributed by atoms with E-state index in [1.165, 1.54) is 0 Å². The van der Waals surface area contributed by atoms with Crippen molar-refractivity contribution in [3.63, 3.8) is 0 Å². The highest BCUT2D eigenvalue weighted by atomic mass is 32.1. The van der Waals surface area contributed by atoms with Gasteiger partial charge in [0, 0.05) is 12.4 Å². The van der Waals surface area contributed by atoms with Crippen LogP contribution in [-0.4, -0.2) is 26.7 Å². The molecule has 1 aromatic carbocycles. The first-order valence-electron chi connectivity index (χ1n) is 6.56. The summed E-state index contributed by atoms with van der Waals surface area (Å²) in [6.07, 6.45) is 1.62. The number of thiocarbonyl (C=S) groups is 1. The zero-order valence-electron chi connectivity index (χ0n) is 11.6. The Morgan fingerprint density at radius 2 is 2.20 bits per heavy atom. The molecule has 3 N–H and O–H groups in total. The molecule has 0 bridgehead atoms. The normalized spacial score (nSPS) is 12.3. The van der Waals surface area contributed by atoms with Gasteiger partial charge < -0.3 is 11.1 Å². The third-order valence-corrected chi connectivity index (χ3v) is 3.48. The number of nitrogens with zero attached hydrogens (tertiary/aromatic N) is 2. The molecule has 5 nitrogen and oxygen atoms in total. The topological polar surface area (TPSA) is 72.9 Å². The number of rotatable bonds is 5. The van der Waals surface area contributed by atoms with E-state index in [1.807, 2.05) is 38.2 Å². The second kappa shape index (κ2) is 6.00. The number of amides is 1. The van der Waals surface area contributed by atoms with Gasteiger partial charge >= 0.3 is 0 Å². The van der Waals surface area contributed by atoms with Crippen molar-refractivity contribution >= 4 is 34.0 Å². The Hall–Kier alpha value is -1.95. The number of hydrogen-bond donors (Lipinski definition) is 2. The first-order valence-corrected chi connectivity index (χ1v) is 6.97. The van der Waals surface area contributed by atoms with Crippen LogP contribution in [0.4, 0.5) is 0 Å². The van der Waals surface area contributed by atoms with Crippen LogP contribution in [0.25, 0.3) is 10.9 Å². The molecule has 2 rings (SSSR count). The number of benzene rings is 1. The minimum Gasteiger partial charge on any atom is -0.392 e. The van der Waals surface area contributed by atoms with Crippen LogP contribution in [-0.2, 0) is 7.05 Å². The second-order valence-corrected chi connectivity index (χ2v) is 5.18. The summed E-state index contributed by atoms with van der Waals surface area (Å²) < 4.78 is 1.69. The first kappa shape index (κ1) is 14.5. The SMILES string of the molecule is CCCC(NC(=O)c1nn(C)c2ccccc12)C(N)=S. The molecule has 1 atom stereocenters. The van der Waals surface area contributed by atoms with Crippen LogP contribution in [0.5, 0.6) is 0 Å². The number of fused-ring (bicyclic) bond motifs is 1. The van der Waals surface area contributed by atoms with Gasteiger partial charge in [0.2, 0.25) is 0 Å². The van der Waals surface area contributed by atoms with Gasteiger partial charge in [-0.2, -0.15) is 5.10 Å². The molecule has 20 heavy (non-hydrogen) atoms. The Bertz CT molecular complexity index is 650. The van der Waals surface area contributed by atoms with Gasteiger partial charge in [-0.15, -0.1) is 0 Å². The van der Waals surface area contributed by atoms with Crippen molar-refractivity contribution in [3.8, 4) is 0 Å². The summed E-state index contributed by atoms with van der Waals surface area (Å²) in [6, 6.07) is 7.32. The van der Waals surface area contributed by atoms with Crippen LogP contribution >= 0.6 is 12.2 Å². The van der Waals surface area contributed by atoms with Gasteiger partial charge in [0.05, 0.1) is 16.5 Å². The Labute approximate surface area is 123 Å². The number of para-hydroxylation sites is 1. The molecule has 0 fully saturated rings. The standard InChI is InChI=1S/C14H18N4OS/c1-3-6-10(13(15)20)16-14(19)12-9-7-4-5-8-11(9)18(2)17-12/h4-5,7-8,10H,3,6H2,1-2H3,(H2,15,20)(H,16,19). The van der Waals surface area contributed by atoms with Gasteiger partial charge in [0.1, 0.15) is 0 Å². The molecule has 2 aromatic rings. The minimum absolute atomic E-state index is 0.243. The van der Waals surface area contributed by atoms with Crippen LogP contribution < -0.4 is 11.1 Å². The highest BCUT2D eigenvalue weighted by Gasteiger charge is 2.20. The van der Waals surface area contributed by atoms with Crippen molar-refractivity contribution in [1.29, 1.82) is 0 Å². The van der Waals surface area contributed by atoms with Crippen molar-refractivity contribution in [2.75, 3.05) is 0 Å². The fourth-order valence-electron chi connectivity index (χ4n) is 2.18. The largest absolute Gasteiger partial charge is 0.392 e. The number of nitrogens with one attached hydrogen (secondary N) is 1. The molecule has 0 aliphatic heterocycles. The van der Waals surface area contributed by atoms with Crippen molar-refractivity contribution < 1.29 is 4.79 Å². The summed E-state index contributed by atoms with van der Waals surface area (Å²) in [5.74, 6) is -0.243. The van der Waals surface area contributed by atoms with Crippen molar-refractivity contribution in [1.82, 2.24) is 15.1 Å². The molecule has 0 spiro atoms. The molecule has 106 valence electrons. The molecule has 6 heteroatoms. The number of carbonyl (C=O) groups is 1. The Morgan fingerprint density at radius 3 is 2.85 bits per heavy atom. The Morgan fingerprint density at radius 1 is 1.50 bits per heavy atom. The zero-order chi connectivity index (χ0) is 14.7. The molecule has 0 aliphatic carbocycles. The molecule has 0 saturated heterocycles. The Kier molecular flexibility index (Phi) is 4.34. The summed E-state index contributed by atoms with van der Waals surface area (Å²) in [5.41, 5.74) is 6.98. The number of aryl methyl sites for hydroxylation is 1. The lowest BCUT2D eigenvalue weighted by Crippen LogP contribution is -2.43. The predicted molar refractivity (Wildman–Crippen MR) is 83.7 cm³/mol. The van der Waals surface area contributed by atoms with Crippen LogP contribution in [0.1, 0.15) is 30.3 Å². The third-order valence-electron chi connectivity index (χ3n) is 3.20. The van der Waals surface area contributed by atoms with Crippen LogP contribution in [0.2, 0.25) is 0 Å². The predicted octanol–water partition coefficient (Wildman–Crippen LogP) is 1.76. The van der Waals surface area contributed by atoms with Crippen LogP contribution in [0.3, 0.4) is 0 Å². The number of hydrogen-bond acceptors (Lipinski definition) is 3. The fraction of sp³-hybridized carbons (Fsp3) is 0.357. The van der Waals surface area contributed by atoms with Crippen molar-refractivity contribution in [3.05, 3.63) is 30.0 Å². The molecule has 1 heterocycles. The highest BCUT2D eigenvalue weighted by molar-refractivity contribution is 7.80. The van der Waals surface area contributed by atoms with Gasteiger partial charge in [-0.1, -0.05) is 43.8 Å². The van der Waals surface area contributed by atoms with Gasteiger partial charge in [-0.05, 0) is 12.5 Å². The van der Waals surface area contributed by atoms with Gasteiger partial charge in [-0.25, -0.2) is 0 Å². The molecule has 0 saturated carbocycles. The van der Waals surface area contributed by atoms with E-state index in [9.17, 15) is 4.79 Å². The molecular weight excluding hydrogens is 272 g/mol. The Balaban J connectivity index is 2.29. The van der Waals surface area contributed by atoms with E-state index in [0.29, 0.717) is 10.7 Å². The van der Waals surface area contributed by atoms with Crippen molar-refractivity contribution in [2.24, 2.45) is 12.8 Å². The number of nitrogens with two attached hydrogens (primary N) is 1. The van der Waals surface area contributed by atoms with Gasteiger partial charge in [0.15, 0.2) is 5.69 Å². The lowest BCUT2D eigenvalue weighted by molar-refractivity contribution is 0.0941. The lowest BCUT2D eigenvalue weighted by Gasteiger charge is -2.15. The van der Waals surface area contributed by atoms with Gasteiger partial charge in [0.25, 0.3) is 5.91 Å². The molecule has 0 radical (unpaired) electrons. The quantitative estimate of drug-likeness (QED) is 0.823. The van der Waals surface area contributed by atoms with Crippen LogP contribution in [0.15, 0.2) is 24.3 Å². The van der Waals surface area contributed by atoms with E-state index in [0.717, 1.165) is 23.7 Å². The number of aromatic nitrogens is 2. The highest BCUT2D eigenvalue weighted by Crippen LogP contribution is 2.17.